The third-order valence-electron chi connectivity index (χ3n) is 4.02. The lowest BCUT2D eigenvalue weighted by Crippen LogP contribution is -2.21. The molecule has 2 aromatic rings. The van der Waals surface area contributed by atoms with Crippen LogP contribution in [0.4, 0.5) is 5.69 Å². The van der Waals surface area contributed by atoms with Crippen LogP contribution in [0.5, 0.6) is 5.75 Å². The fraction of sp³-hybridized carbons (Fsp3) is 0.176. The van der Waals surface area contributed by atoms with Crippen molar-refractivity contribution in [2.75, 3.05) is 7.11 Å². The Morgan fingerprint density at radius 2 is 2.23 bits per heavy atom. The Kier molecular flexibility index (Phi) is 4.36. The van der Waals surface area contributed by atoms with Crippen molar-refractivity contribution in [1.82, 2.24) is 0 Å². The summed E-state index contributed by atoms with van der Waals surface area (Å²) in [4.78, 5) is 23.9. The van der Waals surface area contributed by atoms with Gasteiger partial charge in [0.05, 0.1) is 22.8 Å². The van der Waals surface area contributed by atoms with Gasteiger partial charge in [0.1, 0.15) is 17.2 Å². The summed E-state index contributed by atoms with van der Waals surface area (Å²) in [5.74, 6) is -1.15. The normalized spacial score (nSPS) is 15.7. The number of carbonyl (C=O) groups excluding carboxylic acids is 1. The maximum atomic E-state index is 12.1. The van der Waals surface area contributed by atoms with Crippen molar-refractivity contribution in [3.05, 3.63) is 66.7 Å². The van der Waals surface area contributed by atoms with Gasteiger partial charge in [-0.05, 0) is 12.5 Å². The largest absolute Gasteiger partial charge is 0.465 e. The van der Waals surface area contributed by atoms with Crippen molar-refractivity contribution < 1.29 is 19.2 Å². The van der Waals surface area contributed by atoms with E-state index < -0.39 is 16.8 Å². The first-order chi connectivity index (χ1) is 12.4. The molecule has 0 amide bonds. The number of carbonyl (C=O) groups is 1. The molecule has 0 aliphatic carbocycles. The Morgan fingerprint density at radius 3 is 2.85 bits per heavy atom. The predicted molar refractivity (Wildman–Crippen MR) is 92.8 cm³/mol. The molecule has 0 spiro atoms. The minimum atomic E-state index is -0.661. The number of esters is 1. The number of allylic oxidation sites excluding steroid dienone is 1. The Balaban J connectivity index is 2.25. The second-order valence-electron chi connectivity index (χ2n) is 5.50. The molecule has 2 heterocycles. The highest BCUT2D eigenvalue weighted by atomic mass is 32.1. The van der Waals surface area contributed by atoms with E-state index in [1.54, 1.807) is 13.0 Å². The predicted octanol–water partition coefficient (Wildman–Crippen LogP) is 2.97. The van der Waals surface area contributed by atoms with Gasteiger partial charge in [0.2, 0.25) is 5.88 Å². The van der Waals surface area contributed by atoms with E-state index in [9.17, 15) is 20.2 Å². The fourth-order valence-electron chi connectivity index (χ4n) is 2.87. The molecule has 0 saturated carbocycles. The Morgan fingerprint density at radius 1 is 1.50 bits per heavy atom. The van der Waals surface area contributed by atoms with Gasteiger partial charge in [-0.25, -0.2) is 4.79 Å². The first-order valence-corrected chi connectivity index (χ1v) is 8.24. The number of thiophene rings is 1. The highest BCUT2D eigenvalue weighted by molar-refractivity contribution is 7.12. The number of benzene rings is 1. The number of nitrogens with two attached hydrogens (primary N) is 1. The van der Waals surface area contributed by atoms with E-state index in [2.05, 4.69) is 0 Å². The molecular weight excluding hydrogens is 358 g/mol. The average molecular weight is 371 g/mol. The van der Waals surface area contributed by atoms with Gasteiger partial charge >= 0.3 is 5.97 Å². The number of fused-ring (bicyclic) bond motifs is 1. The monoisotopic (exact) mass is 371 g/mol. The van der Waals surface area contributed by atoms with E-state index in [4.69, 9.17) is 15.2 Å². The molecule has 0 radical (unpaired) electrons. The summed E-state index contributed by atoms with van der Waals surface area (Å²) in [6, 6.07) is 7.97. The topological polar surface area (TPSA) is 128 Å². The van der Waals surface area contributed by atoms with E-state index in [0.29, 0.717) is 15.3 Å². The third-order valence-corrected chi connectivity index (χ3v) is 5.17. The van der Waals surface area contributed by atoms with Gasteiger partial charge in [0.25, 0.3) is 5.69 Å². The molecule has 1 aliphatic heterocycles. The minimum Gasteiger partial charge on any atom is -0.465 e. The summed E-state index contributed by atoms with van der Waals surface area (Å²) in [7, 11) is 1.26. The molecule has 0 bridgehead atoms. The molecular formula is C17H13N3O5S. The molecule has 1 aromatic heterocycles. The van der Waals surface area contributed by atoms with Crippen LogP contribution in [0.1, 0.15) is 31.6 Å². The Labute approximate surface area is 152 Å². The number of ether oxygens (including phenoxy) is 2. The molecule has 1 atom stereocenters. The summed E-state index contributed by atoms with van der Waals surface area (Å²) in [6.45, 7) is 1.73. The van der Waals surface area contributed by atoms with Gasteiger partial charge in [-0.3, -0.25) is 10.1 Å². The third kappa shape index (κ3) is 2.66. The van der Waals surface area contributed by atoms with Gasteiger partial charge < -0.3 is 15.2 Å². The Hall–Kier alpha value is -3.38. The quantitative estimate of drug-likeness (QED) is 0.499. The van der Waals surface area contributed by atoms with Gasteiger partial charge in [-0.2, -0.15) is 5.26 Å². The molecule has 3 rings (SSSR count). The number of nitriles is 1. The fourth-order valence-corrected chi connectivity index (χ4v) is 4.09. The maximum Gasteiger partial charge on any atom is 0.342 e. The van der Waals surface area contributed by atoms with Crippen LogP contribution >= 0.6 is 11.3 Å². The molecule has 0 saturated heterocycles. The van der Waals surface area contributed by atoms with Crippen molar-refractivity contribution in [3.8, 4) is 11.8 Å². The summed E-state index contributed by atoms with van der Waals surface area (Å²) in [5, 5.41) is 20.6. The number of aryl methyl sites for hydroxylation is 1. The number of hydrogen-bond acceptors (Lipinski definition) is 8. The highest BCUT2D eigenvalue weighted by Crippen LogP contribution is 2.49. The highest BCUT2D eigenvalue weighted by Gasteiger charge is 2.37. The smallest absolute Gasteiger partial charge is 0.342 e. The molecule has 8 nitrogen and oxygen atoms in total. The van der Waals surface area contributed by atoms with Crippen LogP contribution < -0.4 is 10.5 Å². The number of methoxy groups -OCH3 is 1. The van der Waals surface area contributed by atoms with Crippen molar-refractivity contribution in [3.63, 3.8) is 0 Å². The van der Waals surface area contributed by atoms with Crippen LogP contribution in [0.25, 0.3) is 0 Å². The number of nitrogens with zero attached hydrogens (tertiary/aromatic N) is 2. The number of nitro benzene ring substituents is 1. The van der Waals surface area contributed by atoms with E-state index in [1.807, 2.05) is 6.07 Å². The molecule has 1 aliphatic rings. The molecule has 26 heavy (non-hydrogen) atoms. The lowest BCUT2D eigenvalue weighted by atomic mass is 9.88. The molecule has 1 aromatic carbocycles. The lowest BCUT2D eigenvalue weighted by molar-refractivity contribution is -0.384. The molecule has 0 unspecified atom stereocenters. The summed E-state index contributed by atoms with van der Waals surface area (Å²) >= 11 is 1.26. The van der Waals surface area contributed by atoms with Crippen LogP contribution in [0.15, 0.2) is 35.7 Å². The molecule has 0 fully saturated rings. The average Bonchev–Trinajstić information content (AvgIpc) is 2.95. The van der Waals surface area contributed by atoms with Crippen molar-refractivity contribution >= 4 is 23.0 Å². The van der Waals surface area contributed by atoms with Crippen LogP contribution in [0.2, 0.25) is 0 Å². The van der Waals surface area contributed by atoms with Crippen LogP contribution in [0.3, 0.4) is 0 Å². The number of rotatable bonds is 3. The van der Waals surface area contributed by atoms with Gasteiger partial charge in [0, 0.05) is 17.0 Å². The number of non-ortho nitro benzene ring substituents is 1. The Bertz CT molecular complexity index is 1000. The van der Waals surface area contributed by atoms with Crippen LogP contribution in [0, 0.1) is 28.4 Å². The maximum absolute atomic E-state index is 12.1. The SMILES string of the molecule is COC(=O)c1c(C)sc2c1OC(N)=C(C#N)[C@H]2c1cccc([N+](=O)[O-])c1. The zero-order chi connectivity index (χ0) is 19.0. The summed E-state index contributed by atoms with van der Waals surface area (Å²) in [5.41, 5.74) is 6.69. The van der Waals surface area contributed by atoms with Crippen molar-refractivity contribution in [2.45, 2.75) is 12.8 Å². The van der Waals surface area contributed by atoms with Gasteiger partial charge in [0.15, 0.2) is 5.75 Å². The zero-order valence-electron chi connectivity index (χ0n) is 13.8. The van der Waals surface area contributed by atoms with Crippen molar-refractivity contribution in [2.24, 2.45) is 5.73 Å². The van der Waals surface area contributed by atoms with E-state index in [-0.39, 0.29) is 28.5 Å². The summed E-state index contributed by atoms with van der Waals surface area (Å²) in [6.07, 6.45) is 0. The zero-order valence-corrected chi connectivity index (χ0v) is 14.6. The van der Waals surface area contributed by atoms with E-state index in [0.717, 1.165) is 0 Å². The van der Waals surface area contributed by atoms with E-state index in [1.165, 1.54) is 36.6 Å². The van der Waals surface area contributed by atoms with E-state index >= 15 is 0 Å². The number of hydrogen-bond donors (Lipinski definition) is 1. The van der Waals surface area contributed by atoms with Crippen LogP contribution in [-0.4, -0.2) is 18.0 Å². The standard InChI is InChI=1S/C17H13N3O5S/c1-8-12(17(21)24-2)14-15(26-8)13(11(7-18)16(19)25-14)9-4-3-5-10(6-9)20(22)23/h3-6,13H,19H2,1-2H3/t13-/m1/s1. The first kappa shape index (κ1) is 17.4. The van der Waals surface area contributed by atoms with Crippen molar-refractivity contribution in [1.29, 1.82) is 5.26 Å². The van der Waals surface area contributed by atoms with Crippen LogP contribution in [-0.2, 0) is 4.74 Å². The first-order valence-electron chi connectivity index (χ1n) is 7.42. The number of nitro groups is 1. The second-order valence-corrected chi connectivity index (χ2v) is 6.75. The lowest BCUT2D eigenvalue weighted by Gasteiger charge is -2.24. The van der Waals surface area contributed by atoms with Gasteiger partial charge in [-0.1, -0.05) is 12.1 Å². The molecule has 132 valence electrons. The molecule has 2 N–H and O–H groups in total. The second kappa shape index (κ2) is 6.50. The van der Waals surface area contributed by atoms with Gasteiger partial charge in [-0.15, -0.1) is 11.3 Å². The summed E-state index contributed by atoms with van der Waals surface area (Å²) < 4.78 is 10.3. The minimum absolute atomic E-state index is 0.104. The molecule has 9 heteroatoms.